The van der Waals surface area contributed by atoms with Crippen LogP contribution in [0.25, 0.3) is 0 Å². The van der Waals surface area contributed by atoms with Crippen molar-refractivity contribution in [3.63, 3.8) is 0 Å². The van der Waals surface area contributed by atoms with Gasteiger partial charge in [0.15, 0.2) is 0 Å². The van der Waals surface area contributed by atoms with E-state index < -0.39 is 5.41 Å². The topological polar surface area (TPSA) is 91.0 Å². The van der Waals surface area contributed by atoms with Crippen LogP contribution in [-0.4, -0.2) is 68.0 Å². The monoisotopic (exact) mass is 442 g/mol. The average Bonchev–Trinajstić information content (AvgIpc) is 3.35. The zero-order valence-electron chi connectivity index (χ0n) is 19.3. The van der Waals surface area contributed by atoms with Gasteiger partial charge in [-0.1, -0.05) is 12.1 Å². The lowest BCUT2D eigenvalue weighted by atomic mass is 9.65. The molecule has 3 aliphatic rings. The molecule has 0 aromatic heterocycles. The number of benzene rings is 1. The smallest absolute Gasteiger partial charge is 0.317 e. The predicted octanol–water partition coefficient (Wildman–Crippen LogP) is 1.99. The van der Waals surface area contributed by atoms with E-state index >= 15 is 0 Å². The van der Waals surface area contributed by atoms with Gasteiger partial charge in [-0.05, 0) is 54.7 Å². The molecule has 2 saturated heterocycles. The molecule has 3 fully saturated rings. The molecule has 1 aromatic rings. The number of methoxy groups -OCH3 is 1. The Morgan fingerprint density at radius 2 is 1.88 bits per heavy atom. The van der Waals surface area contributed by atoms with Crippen molar-refractivity contribution in [1.29, 1.82) is 0 Å². The Balaban J connectivity index is 1.39. The molecule has 1 aliphatic carbocycles. The van der Waals surface area contributed by atoms with Gasteiger partial charge in [0.25, 0.3) is 0 Å². The number of rotatable bonds is 4. The number of amides is 4. The zero-order valence-corrected chi connectivity index (χ0v) is 19.3. The number of fused-ring (bicyclic) bond motifs is 2. The molecule has 1 spiro atoms. The molecule has 4 amide bonds. The maximum Gasteiger partial charge on any atom is 0.317 e. The van der Waals surface area contributed by atoms with Gasteiger partial charge < -0.3 is 25.2 Å². The third-order valence-corrected chi connectivity index (χ3v) is 8.10. The van der Waals surface area contributed by atoms with Crippen molar-refractivity contribution in [1.82, 2.24) is 20.4 Å². The van der Waals surface area contributed by atoms with Crippen LogP contribution >= 0.6 is 0 Å². The quantitative estimate of drug-likeness (QED) is 0.746. The Bertz CT molecular complexity index is 896. The fourth-order valence-electron chi connectivity index (χ4n) is 6.25. The van der Waals surface area contributed by atoms with E-state index in [1.54, 1.807) is 21.1 Å². The highest BCUT2D eigenvalue weighted by atomic mass is 16.5. The maximum absolute atomic E-state index is 12.9. The third-order valence-electron chi connectivity index (χ3n) is 8.10. The van der Waals surface area contributed by atoms with Crippen molar-refractivity contribution in [2.24, 2.45) is 16.7 Å². The second-order valence-electron chi connectivity index (χ2n) is 9.55. The Labute approximate surface area is 189 Å². The van der Waals surface area contributed by atoms with Gasteiger partial charge in [-0.3, -0.25) is 9.59 Å². The molecule has 2 aliphatic heterocycles. The minimum Gasteiger partial charge on any atom is -0.497 e. The summed E-state index contributed by atoms with van der Waals surface area (Å²) in [6, 6.07) is 7.62. The lowest BCUT2D eigenvalue weighted by molar-refractivity contribution is -0.133. The number of carbonyl (C=O) groups is 3. The summed E-state index contributed by atoms with van der Waals surface area (Å²) in [5, 5.41) is 5.87. The number of carbonyl (C=O) groups excluding carboxylic acids is 3. The van der Waals surface area contributed by atoms with E-state index in [1.165, 1.54) is 0 Å². The Hall–Kier alpha value is -2.77. The minimum absolute atomic E-state index is 0.0142. The van der Waals surface area contributed by atoms with E-state index in [2.05, 4.69) is 10.6 Å². The largest absolute Gasteiger partial charge is 0.497 e. The number of nitrogens with one attached hydrogen (secondary N) is 2. The summed E-state index contributed by atoms with van der Waals surface area (Å²) in [5.74, 6) is 1.02. The van der Waals surface area contributed by atoms with Crippen LogP contribution in [0.4, 0.5) is 4.79 Å². The third kappa shape index (κ3) is 3.80. The molecule has 174 valence electrons. The average molecular weight is 443 g/mol. The van der Waals surface area contributed by atoms with E-state index in [0.717, 1.165) is 37.0 Å². The molecule has 32 heavy (non-hydrogen) atoms. The molecule has 1 saturated carbocycles. The van der Waals surface area contributed by atoms with Crippen LogP contribution in [0.5, 0.6) is 5.75 Å². The van der Waals surface area contributed by atoms with Gasteiger partial charge >= 0.3 is 6.03 Å². The van der Waals surface area contributed by atoms with E-state index in [-0.39, 0.29) is 29.2 Å². The number of hydrogen-bond acceptors (Lipinski definition) is 4. The first-order chi connectivity index (χ1) is 15.3. The number of hydrogen-bond donors (Lipinski definition) is 2. The lowest BCUT2D eigenvalue weighted by Gasteiger charge is -2.44. The van der Waals surface area contributed by atoms with Gasteiger partial charge in [-0.25, -0.2) is 4.79 Å². The molecule has 2 heterocycles. The van der Waals surface area contributed by atoms with Crippen LogP contribution < -0.4 is 15.4 Å². The van der Waals surface area contributed by atoms with E-state index in [1.807, 2.05) is 34.1 Å². The first-order valence-corrected chi connectivity index (χ1v) is 11.5. The number of piperidine rings is 1. The number of likely N-dealkylation sites (tertiary alicyclic amines) is 2. The summed E-state index contributed by atoms with van der Waals surface area (Å²) in [6.45, 7) is 4.53. The van der Waals surface area contributed by atoms with Crippen LogP contribution in [0.1, 0.15) is 38.2 Å². The second kappa shape index (κ2) is 8.64. The molecular weight excluding hydrogens is 408 g/mol. The fraction of sp³-hybridized carbons (Fsp3) is 0.625. The van der Waals surface area contributed by atoms with Crippen molar-refractivity contribution < 1.29 is 19.1 Å². The Kier molecular flexibility index (Phi) is 6.05. The van der Waals surface area contributed by atoms with Crippen molar-refractivity contribution >= 4 is 17.8 Å². The standard InChI is InChI=1S/C24H34N4O4/c1-17(29)28-15-20-23(7-8-24(20,16-28)21(30)25-2)9-11-27(12-10-23)22(31)26-14-18-5-4-6-19(13-18)32-3/h4-6,13,20H,7-12,14-16H2,1-3H3,(H,25,30)(H,26,31)/t20-,24-/m1/s1. The molecule has 2 atom stereocenters. The normalized spacial score (nSPS) is 26.0. The van der Waals surface area contributed by atoms with Crippen LogP contribution in [-0.2, 0) is 16.1 Å². The van der Waals surface area contributed by atoms with Crippen molar-refractivity contribution in [2.75, 3.05) is 40.3 Å². The molecule has 8 nitrogen and oxygen atoms in total. The van der Waals surface area contributed by atoms with Gasteiger partial charge in [-0.15, -0.1) is 0 Å². The minimum atomic E-state index is -0.489. The number of nitrogens with zero attached hydrogens (tertiary/aromatic N) is 2. The molecule has 0 radical (unpaired) electrons. The molecular formula is C24H34N4O4. The molecule has 1 aromatic carbocycles. The SMILES string of the molecule is CNC(=O)[C@@]12CCC3(CCN(C(=O)NCc4cccc(OC)c4)CC3)[C@H]1CN(C(C)=O)C2. The van der Waals surface area contributed by atoms with Gasteiger partial charge in [0.1, 0.15) is 5.75 Å². The summed E-state index contributed by atoms with van der Waals surface area (Å²) < 4.78 is 5.25. The van der Waals surface area contributed by atoms with Gasteiger partial charge in [0.05, 0.1) is 12.5 Å². The van der Waals surface area contributed by atoms with Crippen LogP contribution in [0.15, 0.2) is 24.3 Å². The molecule has 0 bridgehead atoms. The number of ether oxygens (including phenoxy) is 1. The predicted molar refractivity (Wildman–Crippen MR) is 120 cm³/mol. The van der Waals surface area contributed by atoms with Crippen molar-refractivity contribution in [3.8, 4) is 5.75 Å². The summed E-state index contributed by atoms with van der Waals surface area (Å²) in [7, 11) is 3.31. The summed E-state index contributed by atoms with van der Waals surface area (Å²) in [6.07, 6.45) is 3.53. The number of urea groups is 1. The van der Waals surface area contributed by atoms with E-state index in [0.29, 0.717) is 32.7 Å². The summed E-state index contributed by atoms with van der Waals surface area (Å²) >= 11 is 0. The molecule has 2 N–H and O–H groups in total. The van der Waals surface area contributed by atoms with E-state index in [4.69, 9.17) is 4.74 Å². The maximum atomic E-state index is 12.9. The highest BCUT2D eigenvalue weighted by molar-refractivity contribution is 5.86. The van der Waals surface area contributed by atoms with Crippen molar-refractivity contribution in [3.05, 3.63) is 29.8 Å². The molecule has 8 heteroatoms. The van der Waals surface area contributed by atoms with Crippen LogP contribution in [0.3, 0.4) is 0 Å². The first-order valence-electron chi connectivity index (χ1n) is 11.5. The zero-order chi connectivity index (χ0) is 22.9. The van der Waals surface area contributed by atoms with Crippen LogP contribution in [0.2, 0.25) is 0 Å². The Morgan fingerprint density at radius 3 is 2.53 bits per heavy atom. The van der Waals surface area contributed by atoms with E-state index in [9.17, 15) is 14.4 Å². The summed E-state index contributed by atoms with van der Waals surface area (Å²) in [5.41, 5.74) is 0.518. The molecule has 0 unspecified atom stereocenters. The molecule has 4 rings (SSSR count). The fourth-order valence-corrected chi connectivity index (χ4v) is 6.25. The van der Waals surface area contributed by atoms with Gasteiger partial charge in [-0.2, -0.15) is 0 Å². The summed E-state index contributed by atoms with van der Waals surface area (Å²) in [4.78, 5) is 41.5. The highest BCUT2D eigenvalue weighted by Gasteiger charge is 2.64. The van der Waals surface area contributed by atoms with Gasteiger partial charge in [0.2, 0.25) is 11.8 Å². The second-order valence-corrected chi connectivity index (χ2v) is 9.55. The van der Waals surface area contributed by atoms with Crippen LogP contribution in [0, 0.1) is 16.7 Å². The lowest BCUT2D eigenvalue weighted by Crippen LogP contribution is -2.51. The van der Waals surface area contributed by atoms with Crippen molar-refractivity contribution in [2.45, 2.75) is 39.2 Å². The highest BCUT2D eigenvalue weighted by Crippen LogP contribution is 2.62. The Morgan fingerprint density at radius 1 is 1.12 bits per heavy atom. The first kappa shape index (κ1) is 22.4. The van der Waals surface area contributed by atoms with Gasteiger partial charge in [0, 0.05) is 46.7 Å².